The molecular formula is C7H6NO6S-. The molecule has 0 aromatic heterocycles. The molecule has 0 heterocycles. The Balaban J connectivity index is 2.50. The third-order valence-electron chi connectivity index (χ3n) is 1.42. The number of nitro groups is 1. The zero-order valence-electron chi connectivity index (χ0n) is 7.32. The van der Waals surface area contributed by atoms with Gasteiger partial charge in [0.1, 0.15) is 5.75 Å². The van der Waals surface area contributed by atoms with Crippen molar-refractivity contribution in [3.05, 3.63) is 34.4 Å². The molecule has 1 unspecified atom stereocenters. The highest BCUT2D eigenvalue weighted by molar-refractivity contribution is 7.74. The summed E-state index contributed by atoms with van der Waals surface area (Å²) in [7, 11) is 0. The molecule has 0 saturated carbocycles. The molecule has 0 fully saturated rings. The van der Waals surface area contributed by atoms with Gasteiger partial charge in [0.2, 0.25) is 6.79 Å². The molecule has 0 saturated heterocycles. The van der Waals surface area contributed by atoms with Gasteiger partial charge in [-0.25, -0.2) is 4.21 Å². The average Bonchev–Trinajstić information content (AvgIpc) is 2.18. The van der Waals surface area contributed by atoms with Crippen molar-refractivity contribution in [3.63, 3.8) is 0 Å². The molecule has 7 nitrogen and oxygen atoms in total. The maximum absolute atomic E-state index is 10.3. The minimum atomic E-state index is -2.63. The van der Waals surface area contributed by atoms with Crippen LogP contribution in [0.15, 0.2) is 24.3 Å². The second kappa shape index (κ2) is 5.39. The molecule has 1 rings (SSSR count). The third kappa shape index (κ3) is 4.02. The van der Waals surface area contributed by atoms with E-state index in [1.807, 2.05) is 0 Å². The standard InChI is InChI=1S/C7H7NO6S/c9-8(10)6-1-3-7(4-2-6)13-5-14-15(11)12/h1-4H,5H2,(H,11,12)/p-1. The van der Waals surface area contributed by atoms with Gasteiger partial charge >= 0.3 is 0 Å². The van der Waals surface area contributed by atoms with E-state index < -0.39 is 23.1 Å². The van der Waals surface area contributed by atoms with Crippen LogP contribution in [0.5, 0.6) is 5.75 Å². The van der Waals surface area contributed by atoms with Gasteiger partial charge in [0.05, 0.1) is 16.3 Å². The molecule has 0 aliphatic heterocycles. The molecule has 0 radical (unpaired) electrons. The lowest BCUT2D eigenvalue weighted by Gasteiger charge is -2.07. The fourth-order valence-electron chi connectivity index (χ4n) is 0.795. The molecular weight excluding hydrogens is 226 g/mol. The van der Waals surface area contributed by atoms with Gasteiger partial charge in [0.15, 0.2) is 0 Å². The smallest absolute Gasteiger partial charge is 0.269 e. The van der Waals surface area contributed by atoms with E-state index in [-0.39, 0.29) is 11.4 Å². The molecule has 1 aromatic rings. The number of hydrogen-bond donors (Lipinski definition) is 0. The number of non-ortho nitro benzene ring substituents is 1. The van der Waals surface area contributed by atoms with Crippen molar-refractivity contribution >= 4 is 17.0 Å². The Morgan fingerprint density at radius 1 is 1.33 bits per heavy atom. The molecule has 82 valence electrons. The van der Waals surface area contributed by atoms with Crippen LogP contribution in [0.4, 0.5) is 5.69 Å². The van der Waals surface area contributed by atoms with Gasteiger partial charge in [0.25, 0.3) is 5.69 Å². The molecule has 0 bridgehead atoms. The van der Waals surface area contributed by atoms with E-state index in [2.05, 4.69) is 4.18 Å². The fraction of sp³-hybridized carbons (Fsp3) is 0.143. The molecule has 0 aliphatic rings. The average molecular weight is 232 g/mol. The van der Waals surface area contributed by atoms with Gasteiger partial charge in [-0.3, -0.25) is 14.3 Å². The number of hydrogen-bond acceptors (Lipinski definition) is 6. The summed E-state index contributed by atoms with van der Waals surface area (Å²) in [6.07, 6.45) is 0. The van der Waals surface area contributed by atoms with E-state index in [9.17, 15) is 18.9 Å². The predicted octanol–water partition coefficient (Wildman–Crippen LogP) is 0.742. The first-order valence-corrected chi connectivity index (χ1v) is 4.69. The van der Waals surface area contributed by atoms with Crippen LogP contribution in [0.25, 0.3) is 0 Å². The van der Waals surface area contributed by atoms with Crippen LogP contribution in [0, 0.1) is 10.1 Å². The normalized spacial score (nSPS) is 12.1. The number of rotatable bonds is 5. The van der Waals surface area contributed by atoms with Gasteiger partial charge in [-0.1, -0.05) is 0 Å². The zero-order valence-corrected chi connectivity index (χ0v) is 8.14. The molecule has 0 amide bonds. The third-order valence-corrected chi connectivity index (χ3v) is 1.71. The van der Waals surface area contributed by atoms with Gasteiger partial charge in [-0.05, 0) is 12.1 Å². The summed E-state index contributed by atoms with van der Waals surface area (Å²) in [5.41, 5.74) is -0.0735. The SMILES string of the molecule is O=[N+]([O-])c1ccc(OCOS(=O)[O-])cc1. The Bertz CT molecular complexity index is 364. The predicted molar refractivity (Wildman–Crippen MR) is 48.6 cm³/mol. The van der Waals surface area contributed by atoms with E-state index in [1.54, 1.807) is 0 Å². The van der Waals surface area contributed by atoms with Crippen molar-refractivity contribution < 1.29 is 22.6 Å². The molecule has 1 aromatic carbocycles. The van der Waals surface area contributed by atoms with Crippen molar-refractivity contribution in [2.45, 2.75) is 0 Å². The summed E-state index contributed by atoms with van der Waals surface area (Å²) in [4.78, 5) is 9.73. The number of ether oxygens (including phenoxy) is 1. The van der Waals surface area contributed by atoms with E-state index in [0.717, 1.165) is 0 Å². The van der Waals surface area contributed by atoms with Gasteiger partial charge in [-0.2, -0.15) is 0 Å². The molecule has 0 spiro atoms. The Morgan fingerprint density at radius 2 is 1.93 bits per heavy atom. The van der Waals surface area contributed by atoms with Crippen LogP contribution in [0.3, 0.4) is 0 Å². The Labute approximate surface area is 87.3 Å². The van der Waals surface area contributed by atoms with Gasteiger partial charge in [0, 0.05) is 12.1 Å². The minimum Gasteiger partial charge on any atom is -0.750 e. The van der Waals surface area contributed by atoms with Crippen LogP contribution in [-0.2, 0) is 15.5 Å². The summed E-state index contributed by atoms with van der Waals surface area (Å²) >= 11 is -2.63. The number of nitro benzene ring substituents is 1. The number of benzene rings is 1. The Kier molecular flexibility index (Phi) is 4.16. The first-order valence-electron chi connectivity index (χ1n) is 3.69. The van der Waals surface area contributed by atoms with Crippen LogP contribution < -0.4 is 4.74 Å². The highest BCUT2D eigenvalue weighted by atomic mass is 32.2. The maximum Gasteiger partial charge on any atom is 0.269 e. The van der Waals surface area contributed by atoms with Crippen molar-refractivity contribution in [1.29, 1.82) is 0 Å². The van der Waals surface area contributed by atoms with Crippen molar-refractivity contribution in [2.24, 2.45) is 0 Å². The largest absolute Gasteiger partial charge is 0.750 e. The second-order valence-electron chi connectivity index (χ2n) is 2.34. The minimum absolute atomic E-state index is 0.0735. The molecule has 0 N–H and O–H groups in total. The molecule has 1 atom stereocenters. The summed E-state index contributed by atoms with van der Waals surface area (Å²) in [6, 6.07) is 5.16. The Hall–Kier alpha value is -1.51. The fourth-order valence-corrected chi connectivity index (χ4v) is 0.922. The summed E-state index contributed by atoms with van der Waals surface area (Å²) in [6.45, 7) is -0.464. The summed E-state index contributed by atoms with van der Waals surface area (Å²) in [5.74, 6) is 0.283. The maximum atomic E-state index is 10.3. The van der Waals surface area contributed by atoms with E-state index in [1.165, 1.54) is 24.3 Å². The Morgan fingerprint density at radius 3 is 2.40 bits per heavy atom. The quantitative estimate of drug-likeness (QED) is 0.321. The monoisotopic (exact) mass is 232 g/mol. The van der Waals surface area contributed by atoms with E-state index in [4.69, 9.17) is 4.74 Å². The highest BCUT2D eigenvalue weighted by Gasteiger charge is 2.03. The van der Waals surface area contributed by atoms with Crippen LogP contribution in [0.1, 0.15) is 0 Å². The first-order chi connectivity index (χ1) is 7.09. The van der Waals surface area contributed by atoms with Crippen LogP contribution >= 0.6 is 0 Å². The summed E-state index contributed by atoms with van der Waals surface area (Å²) < 4.78 is 28.8. The number of nitrogens with zero attached hydrogens (tertiary/aromatic N) is 1. The van der Waals surface area contributed by atoms with Crippen molar-refractivity contribution in [1.82, 2.24) is 0 Å². The molecule has 15 heavy (non-hydrogen) atoms. The van der Waals surface area contributed by atoms with Crippen LogP contribution in [0.2, 0.25) is 0 Å². The molecule has 0 aliphatic carbocycles. The van der Waals surface area contributed by atoms with Gasteiger partial charge in [-0.15, -0.1) is 0 Å². The summed E-state index contributed by atoms with van der Waals surface area (Å²) in [5, 5.41) is 10.3. The van der Waals surface area contributed by atoms with E-state index >= 15 is 0 Å². The lowest BCUT2D eigenvalue weighted by atomic mass is 10.3. The zero-order chi connectivity index (χ0) is 11.3. The van der Waals surface area contributed by atoms with Crippen LogP contribution in [-0.4, -0.2) is 20.5 Å². The van der Waals surface area contributed by atoms with Crippen molar-refractivity contribution in [2.75, 3.05) is 6.79 Å². The highest BCUT2D eigenvalue weighted by Crippen LogP contribution is 2.17. The molecule has 8 heteroatoms. The van der Waals surface area contributed by atoms with E-state index in [0.29, 0.717) is 0 Å². The van der Waals surface area contributed by atoms with Crippen molar-refractivity contribution in [3.8, 4) is 5.75 Å². The topological polar surface area (TPSA) is 102 Å². The first kappa shape index (κ1) is 11.6. The lowest BCUT2D eigenvalue weighted by molar-refractivity contribution is -0.384. The second-order valence-corrected chi connectivity index (χ2v) is 2.98. The lowest BCUT2D eigenvalue weighted by Crippen LogP contribution is -2.04. The van der Waals surface area contributed by atoms with Gasteiger partial charge < -0.3 is 9.29 Å².